The van der Waals surface area contributed by atoms with Gasteiger partial charge in [0, 0.05) is 41.3 Å². The number of aromatic nitrogens is 1. The first kappa shape index (κ1) is 29.4. The number of aliphatic hydroxyl groups excluding tert-OH is 1. The molecular weight excluding hydrogens is 504 g/mol. The number of aromatic amines is 1. The van der Waals surface area contributed by atoms with E-state index < -0.39 is 24.0 Å². The number of halogens is 1. The summed E-state index contributed by atoms with van der Waals surface area (Å²) in [5.41, 5.74) is 2.76. The molecular formula is C26H29ClN2O8. The summed E-state index contributed by atoms with van der Waals surface area (Å²) in [6.45, 7) is 2.36. The summed E-state index contributed by atoms with van der Waals surface area (Å²) in [5.74, 6) is -2.33. The van der Waals surface area contributed by atoms with Gasteiger partial charge in [0.1, 0.15) is 5.75 Å². The normalized spacial score (nSPS) is 12.4. The highest BCUT2D eigenvalue weighted by molar-refractivity contribution is 6.30. The molecule has 0 aliphatic heterocycles. The fourth-order valence-electron chi connectivity index (χ4n) is 3.36. The number of benzene rings is 2. The fraction of sp³-hybridized carbons (Fsp3) is 0.269. The van der Waals surface area contributed by atoms with Crippen molar-refractivity contribution in [3.63, 3.8) is 0 Å². The van der Waals surface area contributed by atoms with Gasteiger partial charge in [-0.3, -0.25) is 0 Å². The molecule has 3 aromatic rings. The largest absolute Gasteiger partial charge is 0.480 e. The zero-order valence-electron chi connectivity index (χ0n) is 20.3. The molecule has 1 aromatic heterocycles. The van der Waals surface area contributed by atoms with Crippen molar-refractivity contribution in [2.75, 3.05) is 20.3 Å². The first-order valence-corrected chi connectivity index (χ1v) is 11.6. The minimum atomic E-state index is -1.26. The lowest BCUT2D eigenvalue weighted by atomic mass is 10.0. The number of carbonyl (C=O) groups is 3. The van der Waals surface area contributed by atoms with Gasteiger partial charge in [-0.25, -0.2) is 14.4 Å². The van der Waals surface area contributed by atoms with Crippen LogP contribution in [0.1, 0.15) is 24.2 Å². The first-order chi connectivity index (χ1) is 17.6. The summed E-state index contributed by atoms with van der Waals surface area (Å²) in [4.78, 5) is 33.7. The maximum Gasteiger partial charge on any atom is 0.343 e. The predicted molar refractivity (Wildman–Crippen MR) is 138 cm³/mol. The van der Waals surface area contributed by atoms with Gasteiger partial charge in [-0.1, -0.05) is 35.9 Å². The molecule has 0 aliphatic rings. The van der Waals surface area contributed by atoms with Crippen molar-refractivity contribution < 1.29 is 39.2 Å². The summed E-state index contributed by atoms with van der Waals surface area (Å²) in [6.07, 6.45) is 3.20. The Kier molecular flexibility index (Phi) is 11.6. The van der Waals surface area contributed by atoms with E-state index in [4.69, 9.17) is 26.6 Å². The minimum Gasteiger partial charge on any atom is -0.480 e. The van der Waals surface area contributed by atoms with Crippen LogP contribution in [0.2, 0.25) is 5.02 Å². The Morgan fingerprint density at radius 1 is 1.11 bits per heavy atom. The van der Waals surface area contributed by atoms with Gasteiger partial charge in [-0.05, 0) is 42.7 Å². The molecule has 0 radical (unpaired) electrons. The number of carboxylic acids is 2. The smallest absolute Gasteiger partial charge is 0.343 e. The van der Waals surface area contributed by atoms with Crippen LogP contribution in [0.5, 0.6) is 5.75 Å². The Morgan fingerprint density at radius 2 is 1.78 bits per heavy atom. The number of esters is 1. The Labute approximate surface area is 218 Å². The highest BCUT2D eigenvalue weighted by atomic mass is 35.5. The lowest BCUT2D eigenvalue weighted by Crippen LogP contribution is -2.32. The van der Waals surface area contributed by atoms with Crippen molar-refractivity contribution in [1.82, 2.24) is 10.3 Å². The standard InChI is InChI=1S/C22H25ClN2O4.C4H4O4/c1-14(24-12-19(26)15-5-3-6-17(23)10-15)9-16-11-25-22-18(16)7-4-8-20(22)29-13-21(27)28-2;5-3(6)1-2-4(7)8/h3-8,10-11,14,19,24-26H,9,12-13H2,1-2H3;1-2H,(H,5,6)(H,7,8)/b;2-1+/t14-,19-;/m0./s1. The van der Waals surface area contributed by atoms with Crippen LogP contribution in [-0.2, 0) is 25.5 Å². The minimum absolute atomic E-state index is 0.136. The van der Waals surface area contributed by atoms with Crippen LogP contribution in [0.25, 0.3) is 10.9 Å². The van der Waals surface area contributed by atoms with Gasteiger partial charge in [-0.2, -0.15) is 0 Å². The van der Waals surface area contributed by atoms with E-state index in [1.165, 1.54) is 7.11 Å². The number of carboxylic acid groups (broad SMARTS) is 2. The second-order valence-corrected chi connectivity index (χ2v) is 8.39. The molecule has 0 bridgehead atoms. The summed E-state index contributed by atoms with van der Waals surface area (Å²) in [6, 6.07) is 13.1. The number of hydrogen-bond donors (Lipinski definition) is 5. The van der Waals surface area contributed by atoms with Crippen LogP contribution in [-0.4, -0.2) is 64.5 Å². The van der Waals surface area contributed by atoms with Crippen LogP contribution in [0.4, 0.5) is 0 Å². The fourth-order valence-corrected chi connectivity index (χ4v) is 3.56. The zero-order valence-corrected chi connectivity index (χ0v) is 21.1. The molecule has 10 nitrogen and oxygen atoms in total. The van der Waals surface area contributed by atoms with E-state index in [1.54, 1.807) is 12.1 Å². The van der Waals surface area contributed by atoms with Crippen molar-refractivity contribution in [2.45, 2.75) is 25.5 Å². The van der Waals surface area contributed by atoms with Crippen LogP contribution in [0.15, 0.2) is 60.8 Å². The number of para-hydroxylation sites is 1. The highest BCUT2D eigenvalue weighted by Crippen LogP contribution is 2.28. The molecule has 1 heterocycles. The quantitative estimate of drug-likeness (QED) is 0.184. The molecule has 0 aliphatic carbocycles. The number of rotatable bonds is 11. The number of carbonyl (C=O) groups excluding carboxylic acids is 1. The lowest BCUT2D eigenvalue weighted by Gasteiger charge is -2.17. The molecule has 0 saturated carbocycles. The van der Waals surface area contributed by atoms with Crippen LogP contribution in [0.3, 0.4) is 0 Å². The SMILES string of the molecule is COC(=O)COc1cccc2c(C[C@H](C)NC[C@H](O)c3cccc(Cl)c3)c[nH]c12.O=C(O)/C=C/C(=O)O. The number of ether oxygens (including phenoxy) is 2. The maximum absolute atomic E-state index is 11.3. The van der Waals surface area contributed by atoms with Crippen LogP contribution >= 0.6 is 11.6 Å². The van der Waals surface area contributed by atoms with Crippen molar-refractivity contribution in [3.05, 3.63) is 77.0 Å². The monoisotopic (exact) mass is 532 g/mol. The van der Waals surface area contributed by atoms with Crippen molar-refractivity contribution in [2.24, 2.45) is 0 Å². The molecule has 2 aromatic carbocycles. The lowest BCUT2D eigenvalue weighted by molar-refractivity contribution is -0.143. The third-order valence-electron chi connectivity index (χ3n) is 5.12. The van der Waals surface area contributed by atoms with E-state index in [0.717, 1.165) is 28.5 Å². The van der Waals surface area contributed by atoms with E-state index in [0.29, 0.717) is 29.5 Å². The number of fused-ring (bicyclic) bond motifs is 1. The Hall–Kier alpha value is -3.86. The third-order valence-corrected chi connectivity index (χ3v) is 5.36. The van der Waals surface area contributed by atoms with Crippen LogP contribution in [0, 0.1) is 0 Å². The Morgan fingerprint density at radius 3 is 2.41 bits per heavy atom. The van der Waals surface area contributed by atoms with E-state index >= 15 is 0 Å². The third kappa shape index (κ3) is 9.96. The van der Waals surface area contributed by atoms with Gasteiger partial charge in [0.2, 0.25) is 0 Å². The van der Waals surface area contributed by atoms with Gasteiger partial charge in [0.05, 0.1) is 18.7 Å². The number of nitrogens with one attached hydrogen (secondary N) is 2. The molecule has 11 heteroatoms. The van der Waals surface area contributed by atoms with Gasteiger partial charge >= 0.3 is 17.9 Å². The topological polar surface area (TPSA) is 158 Å². The summed E-state index contributed by atoms with van der Waals surface area (Å²) in [7, 11) is 1.33. The number of methoxy groups -OCH3 is 1. The predicted octanol–water partition coefficient (Wildman–Crippen LogP) is 3.34. The summed E-state index contributed by atoms with van der Waals surface area (Å²) in [5, 5.41) is 31.0. The summed E-state index contributed by atoms with van der Waals surface area (Å²) >= 11 is 5.99. The molecule has 37 heavy (non-hydrogen) atoms. The second kappa shape index (κ2) is 14.6. The molecule has 5 N–H and O–H groups in total. The molecule has 198 valence electrons. The first-order valence-electron chi connectivity index (χ1n) is 11.2. The molecule has 0 spiro atoms. The number of H-pyrrole nitrogens is 1. The zero-order chi connectivity index (χ0) is 27.4. The molecule has 0 saturated heterocycles. The highest BCUT2D eigenvalue weighted by Gasteiger charge is 2.14. The van der Waals surface area contributed by atoms with E-state index in [2.05, 4.69) is 22.0 Å². The van der Waals surface area contributed by atoms with E-state index in [-0.39, 0.29) is 12.6 Å². The summed E-state index contributed by atoms with van der Waals surface area (Å²) < 4.78 is 10.2. The van der Waals surface area contributed by atoms with Crippen molar-refractivity contribution >= 4 is 40.4 Å². The molecule has 0 unspecified atom stereocenters. The van der Waals surface area contributed by atoms with Gasteiger partial charge in [0.15, 0.2) is 6.61 Å². The Balaban J connectivity index is 0.000000521. The Bertz CT molecular complexity index is 1220. The number of aliphatic hydroxyl groups is 1. The molecule has 0 fully saturated rings. The van der Waals surface area contributed by atoms with Crippen molar-refractivity contribution in [3.8, 4) is 5.75 Å². The van der Waals surface area contributed by atoms with Crippen LogP contribution < -0.4 is 10.1 Å². The number of hydrogen-bond acceptors (Lipinski definition) is 7. The van der Waals surface area contributed by atoms with Crippen molar-refractivity contribution in [1.29, 1.82) is 0 Å². The average Bonchev–Trinajstić information content (AvgIpc) is 3.28. The average molecular weight is 533 g/mol. The second-order valence-electron chi connectivity index (χ2n) is 7.95. The number of aliphatic carboxylic acids is 2. The van der Waals surface area contributed by atoms with Gasteiger partial charge < -0.3 is 35.1 Å². The molecule has 3 rings (SSSR count). The van der Waals surface area contributed by atoms with E-state index in [9.17, 15) is 19.5 Å². The maximum atomic E-state index is 11.3. The van der Waals surface area contributed by atoms with Gasteiger partial charge in [0.25, 0.3) is 0 Å². The van der Waals surface area contributed by atoms with E-state index in [1.807, 2.05) is 36.5 Å². The van der Waals surface area contributed by atoms with Gasteiger partial charge in [-0.15, -0.1) is 0 Å². The molecule has 0 amide bonds. The molecule has 2 atom stereocenters.